The molecule has 0 aliphatic carbocycles. The van der Waals surface area contributed by atoms with Gasteiger partial charge >= 0.3 is 0 Å². The van der Waals surface area contributed by atoms with Gasteiger partial charge in [0.15, 0.2) is 0 Å². The molecule has 0 unspecified atom stereocenters. The highest BCUT2D eigenvalue weighted by atomic mass is 16.5. The van der Waals surface area contributed by atoms with E-state index in [-0.39, 0.29) is 35.7 Å². The summed E-state index contributed by atoms with van der Waals surface area (Å²) < 4.78 is 6.44. The normalized spacial score (nSPS) is 14.3. The lowest BCUT2D eigenvalue weighted by molar-refractivity contribution is 0.0501. The summed E-state index contributed by atoms with van der Waals surface area (Å²) in [7, 11) is 0. The first-order valence-electron chi connectivity index (χ1n) is 23.4. The molecule has 2 aliphatic rings. The van der Waals surface area contributed by atoms with Crippen molar-refractivity contribution in [3.8, 4) is 5.75 Å². The van der Waals surface area contributed by atoms with Gasteiger partial charge in [0.1, 0.15) is 5.75 Å². The number of amides is 4. The third-order valence-corrected chi connectivity index (χ3v) is 13.4. The van der Waals surface area contributed by atoms with Gasteiger partial charge in [0.25, 0.3) is 23.6 Å². The molecule has 7 nitrogen and oxygen atoms in total. The predicted molar refractivity (Wildman–Crippen MR) is 242 cm³/mol. The standard InChI is InChI=1S/C52H66N2O5/c1-6-11-15-19-23-34(24-20-16-12-7-2)53-49(55)39-30-27-36-37-28-31-41-46-42(52(58)54(51(41)57)35(25-21-17-13-8-3)26-22-18-14-9-4)33-43(59-10-5)47(48(37)46)38-29-32-40(50(53)56)45(39)44(36)38/h27-35H,6-26H2,1-5H3. The number of imide groups is 2. The minimum atomic E-state index is -0.241. The minimum Gasteiger partial charge on any atom is -0.493 e. The first kappa shape index (κ1) is 42.6. The maximum absolute atomic E-state index is 14.8. The van der Waals surface area contributed by atoms with Gasteiger partial charge in [-0.1, -0.05) is 149 Å². The molecular weight excluding hydrogens is 733 g/mol. The van der Waals surface area contributed by atoms with E-state index in [4.69, 9.17) is 4.74 Å². The molecule has 7 rings (SSSR count). The topological polar surface area (TPSA) is 84.0 Å². The Morgan fingerprint density at radius 1 is 0.407 bits per heavy atom. The lowest BCUT2D eigenvalue weighted by Gasteiger charge is -2.36. The van der Waals surface area contributed by atoms with E-state index in [0.717, 1.165) is 161 Å². The average molecular weight is 799 g/mol. The van der Waals surface area contributed by atoms with Crippen LogP contribution >= 0.6 is 0 Å². The second-order valence-corrected chi connectivity index (χ2v) is 17.4. The van der Waals surface area contributed by atoms with E-state index in [0.29, 0.717) is 45.4 Å². The number of ether oxygens (including phenoxy) is 1. The summed E-state index contributed by atoms with van der Waals surface area (Å²) in [6.45, 7) is 11.1. The zero-order valence-corrected chi connectivity index (χ0v) is 36.5. The lowest BCUT2D eigenvalue weighted by atomic mass is 9.81. The molecule has 0 aromatic heterocycles. The van der Waals surface area contributed by atoms with E-state index in [9.17, 15) is 19.2 Å². The van der Waals surface area contributed by atoms with Crippen LogP contribution in [0.2, 0.25) is 0 Å². The van der Waals surface area contributed by atoms with Gasteiger partial charge in [0, 0.05) is 50.3 Å². The van der Waals surface area contributed by atoms with Gasteiger partial charge in [-0.05, 0) is 78.4 Å². The van der Waals surface area contributed by atoms with E-state index in [2.05, 4.69) is 27.7 Å². The number of hydrogen-bond donors (Lipinski definition) is 0. The van der Waals surface area contributed by atoms with Gasteiger partial charge in [-0.15, -0.1) is 0 Å². The molecule has 0 bridgehead atoms. The van der Waals surface area contributed by atoms with Crippen molar-refractivity contribution in [3.63, 3.8) is 0 Å². The van der Waals surface area contributed by atoms with Crippen molar-refractivity contribution in [2.24, 2.45) is 0 Å². The Labute approximate surface area is 351 Å². The summed E-state index contributed by atoms with van der Waals surface area (Å²) in [5.74, 6) is -0.294. The first-order valence-corrected chi connectivity index (χ1v) is 23.4. The number of fused-ring (bicyclic) bond motifs is 2. The van der Waals surface area contributed by atoms with E-state index in [1.807, 2.05) is 49.4 Å². The van der Waals surface area contributed by atoms with E-state index in [1.54, 1.807) is 9.80 Å². The third kappa shape index (κ3) is 7.95. The monoisotopic (exact) mass is 798 g/mol. The smallest absolute Gasteiger partial charge is 0.261 e. The fourth-order valence-corrected chi connectivity index (χ4v) is 10.3. The first-order chi connectivity index (χ1) is 28.8. The molecular formula is C52H66N2O5. The molecule has 0 radical (unpaired) electrons. The van der Waals surface area contributed by atoms with Crippen molar-refractivity contribution in [3.05, 3.63) is 64.7 Å². The van der Waals surface area contributed by atoms with E-state index < -0.39 is 0 Å². The predicted octanol–water partition coefficient (Wildman–Crippen LogP) is 13.9. The lowest BCUT2D eigenvalue weighted by Crippen LogP contribution is -2.47. The van der Waals surface area contributed by atoms with Crippen molar-refractivity contribution >= 4 is 66.7 Å². The highest BCUT2D eigenvalue weighted by Crippen LogP contribution is 2.50. The van der Waals surface area contributed by atoms with Crippen LogP contribution < -0.4 is 4.74 Å². The van der Waals surface area contributed by atoms with Crippen LogP contribution in [0.15, 0.2) is 42.5 Å². The number of benzene rings is 5. The molecule has 0 atom stereocenters. The molecule has 0 saturated carbocycles. The van der Waals surface area contributed by atoms with Gasteiger partial charge in [0.2, 0.25) is 0 Å². The Morgan fingerprint density at radius 2 is 0.780 bits per heavy atom. The van der Waals surface area contributed by atoms with E-state index >= 15 is 0 Å². The van der Waals surface area contributed by atoms with Crippen molar-refractivity contribution in [2.75, 3.05) is 6.61 Å². The van der Waals surface area contributed by atoms with Crippen molar-refractivity contribution in [2.45, 2.75) is 175 Å². The van der Waals surface area contributed by atoms with Crippen LogP contribution in [0.1, 0.15) is 204 Å². The molecule has 59 heavy (non-hydrogen) atoms. The Morgan fingerprint density at radius 3 is 1.19 bits per heavy atom. The molecule has 0 saturated heterocycles. The van der Waals surface area contributed by atoms with E-state index in [1.165, 1.54) is 0 Å². The number of carbonyl (C=O) groups excluding carboxylic acids is 4. The van der Waals surface area contributed by atoms with Crippen LogP contribution in [-0.2, 0) is 0 Å². The number of rotatable bonds is 24. The zero-order chi connectivity index (χ0) is 41.6. The van der Waals surface area contributed by atoms with Gasteiger partial charge < -0.3 is 4.74 Å². The van der Waals surface area contributed by atoms with Gasteiger partial charge in [-0.3, -0.25) is 29.0 Å². The summed E-state index contributed by atoms with van der Waals surface area (Å²) in [6, 6.07) is 13.3. The van der Waals surface area contributed by atoms with Crippen molar-refractivity contribution in [1.29, 1.82) is 0 Å². The molecule has 0 N–H and O–H groups in total. The summed E-state index contributed by atoms with van der Waals surface area (Å²) in [5, 5.41) is 6.51. The Hall–Kier alpha value is -4.52. The van der Waals surface area contributed by atoms with Crippen molar-refractivity contribution in [1.82, 2.24) is 9.80 Å². The number of unbranched alkanes of at least 4 members (excludes halogenated alkanes) is 12. The second-order valence-electron chi connectivity index (χ2n) is 17.4. The number of hydrogen-bond acceptors (Lipinski definition) is 5. The Bertz CT molecular complexity index is 2280. The Kier molecular flexibility index (Phi) is 13.9. The molecule has 5 aromatic rings. The molecule has 2 aliphatic heterocycles. The molecule has 0 spiro atoms. The molecule has 314 valence electrons. The van der Waals surface area contributed by atoms with Crippen LogP contribution in [0.3, 0.4) is 0 Å². The highest BCUT2D eigenvalue weighted by molar-refractivity contribution is 6.42. The molecule has 4 amide bonds. The summed E-state index contributed by atoms with van der Waals surface area (Å²) in [5.41, 5.74) is 2.18. The summed E-state index contributed by atoms with van der Waals surface area (Å²) in [4.78, 5) is 62.0. The van der Waals surface area contributed by atoms with Gasteiger partial charge in [-0.25, -0.2) is 0 Å². The Balaban J connectivity index is 1.36. The molecule has 5 aromatic carbocycles. The average Bonchev–Trinajstić information content (AvgIpc) is 3.24. The maximum Gasteiger partial charge on any atom is 0.261 e. The van der Waals surface area contributed by atoms with Crippen LogP contribution in [0.5, 0.6) is 5.75 Å². The molecule has 2 heterocycles. The maximum atomic E-state index is 14.8. The summed E-state index contributed by atoms with van der Waals surface area (Å²) >= 11 is 0. The fourth-order valence-electron chi connectivity index (χ4n) is 10.3. The van der Waals surface area contributed by atoms with Crippen LogP contribution in [0, 0.1) is 0 Å². The fraction of sp³-hybridized carbons (Fsp3) is 0.538. The highest BCUT2D eigenvalue weighted by Gasteiger charge is 2.41. The van der Waals surface area contributed by atoms with Crippen LogP contribution in [0.4, 0.5) is 0 Å². The largest absolute Gasteiger partial charge is 0.493 e. The number of carbonyl (C=O) groups is 4. The zero-order valence-electron chi connectivity index (χ0n) is 36.5. The SMILES string of the molecule is CCCCCCC(CCCCCC)N1C(=O)c2ccc3c4ccc5c6c(cc(OCC)c(c7ccc(c2c37)C1=O)c64)C(=O)N(C(CCCCCC)CCCCCC)C5=O. The molecule has 0 fully saturated rings. The molecule has 7 heteroatoms. The third-order valence-electron chi connectivity index (χ3n) is 13.4. The van der Waals surface area contributed by atoms with Gasteiger partial charge in [0.05, 0.1) is 12.2 Å². The van der Waals surface area contributed by atoms with Crippen LogP contribution in [-0.4, -0.2) is 52.1 Å². The van der Waals surface area contributed by atoms with Gasteiger partial charge in [-0.2, -0.15) is 0 Å². The van der Waals surface area contributed by atoms with Crippen molar-refractivity contribution < 1.29 is 23.9 Å². The second kappa shape index (κ2) is 19.2. The minimum absolute atomic E-state index is 0.137. The quantitative estimate of drug-likeness (QED) is 0.0269. The number of nitrogens with zero attached hydrogens (tertiary/aromatic N) is 2. The van der Waals surface area contributed by atoms with Crippen LogP contribution in [0.25, 0.3) is 43.1 Å². The summed E-state index contributed by atoms with van der Waals surface area (Å²) in [6.07, 6.45) is 20.7.